The van der Waals surface area contributed by atoms with Crippen molar-refractivity contribution in [2.24, 2.45) is 0 Å². The van der Waals surface area contributed by atoms with Crippen LogP contribution in [0.2, 0.25) is 0 Å². The van der Waals surface area contributed by atoms with Crippen molar-refractivity contribution < 1.29 is 9.21 Å². The number of benzene rings is 1. The van der Waals surface area contributed by atoms with E-state index in [-0.39, 0.29) is 17.5 Å². The van der Waals surface area contributed by atoms with Crippen LogP contribution in [0.4, 0.5) is 0 Å². The summed E-state index contributed by atoms with van der Waals surface area (Å²) >= 11 is 0. The van der Waals surface area contributed by atoms with E-state index in [9.17, 15) is 9.59 Å². The molecular weight excluding hydrogens is 404 g/mol. The minimum Gasteiger partial charge on any atom is -0.460 e. The summed E-state index contributed by atoms with van der Waals surface area (Å²) < 4.78 is 9.08. The van der Waals surface area contributed by atoms with Crippen LogP contribution in [-0.4, -0.2) is 20.1 Å². The highest BCUT2D eigenvalue weighted by atomic mass is 16.3. The maximum atomic E-state index is 13.0. The number of hydrogen-bond donors (Lipinski definition) is 1. The highest BCUT2D eigenvalue weighted by Gasteiger charge is 2.21. The molecule has 1 N–H and O–H groups in total. The van der Waals surface area contributed by atoms with Crippen molar-refractivity contribution in [3.63, 3.8) is 0 Å². The number of aromatic nitrogens is 3. The highest BCUT2D eigenvalue weighted by molar-refractivity contribution is 5.83. The van der Waals surface area contributed by atoms with Gasteiger partial charge in [-0.3, -0.25) is 14.0 Å². The average molecular weight is 433 g/mol. The number of aryl methyl sites for hydroxylation is 4. The fourth-order valence-electron chi connectivity index (χ4n) is 4.85. The summed E-state index contributed by atoms with van der Waals surface area (Å²) in [4.78, 5) is 25.6. The van der Waals surface area contributed by atoms with Gasteiger partial charge >= 0.3 is 0 Å². The molecule has 1 aliphatic rings. The quantitative estimate of drug-likeness (QED) is 0.498. The van der Waals surface area contributed by atoms with E-state index in [1.54, 1.807) is 6.07 Å². The predicted molar refractivity (Wildman–Crippen MR) is 123 cm³/mol. The van der Waals surface area contributed by atoms with Crippen LogP contribution in [0.1, 0.15) is 61.4 Å². The van der Waals surface area contributed by atoms with Crippen LogP contribution in [0, 0.1) is 6.92 Å². The van der Waals surface area contributed by atoms with E-state index in [0.29, 0.717) is 36.9 Å². The third kappa shape index (κ3) is 3.61. The second-order valence-electron chi connectivity index (χ2n) is 8.58. The van der Waals surface area contributed by atoms with Crippen LogP contribution in [0.3, 0.4) is 0 Å². The smallest absolute Gasteiger partial charge is 0.291 e. The number of nitrogens with zero attached hydrogens (tertiary/aromatic N) is 3. The zero-order chi connectivity index (χ0) is 22.2. The number of amides is 1. The van der Waals surface area contributed by atoms with E-state index < -0.39 is 0 Å². The van der Waals surface area contributed by atoms with Gasteiger partial charge in [0.05, 0.1) is 11.6 Å². The molecule has 0 saturated carbocycles. The number of nitrogens with one attached hydrogen (secondary N) is 1. The minimum absolute atomic E-state index is 0.0206. The first-order valence-corrected chi connectivity index (χ1v) is 11.4. The summed E-state index contributed by atoms with van der Waals surface area (Å²) in [5.74, 6) is 1.63. The van der Waals surface area contributed by atoms with Crippen molar-refractivity contribution in [1.82, 2.24) is 19.5 Å². The predicted octanol–water partition coefficient (Wildman–Crippen LogP) is 4.09. The SMILES string of the molecule is CCc1nn(CCCC(=O)N[C@@H]2CCCc3ccccc32)c(=O)c2cc3oc(C)cc3n12. The average Bonchev–Trinajstić information content (AvgIpc) is 3.32. The zero-order valence-corrected chi connectivity index (χ0v) is 18.6. The lowest BCUT2D eigenvalue weighted by Crippen LogP contribution is -2.31. The molecule has 1 atom stereocenters. The number of rotatable bonds is 6. The van der Waals surface area contributed by atoms with Gasteiger partial charge in [-0.15, -0.1) is 0 Å². The monoisotopic (exact) mass is 432 g/mol. The number of carbonyl (C=O) groups excluding carboxylic acids is 1. The van der Waals surface area contributed by atoms with Crippen LogP contribution >= 0.6 is 0 Å². The maximum Gasteiger partial charge on any atom is 0.291 e. The Hall–Kier alpha value is -3.35. The van der Waals surface area contributed by atoms with Gasteiger partial charge in [0.25, 0.3) is 5.56 Å². The van der Waals surface area contributed by atoms with E-state index in [2.05, 4.69) is 28.6 Å². The summed E-state index contributed by atoms with van der Waals surface area (Å²) in [6, 6.07) is 12.1. The van der Waals surface area contributed by atoms with Crippen molar-refractivity contribution in [3.05, 3.63) is 69.5 Å². The van der Waals surface area contributed by atoms with E-state index >= 15 is 0 Å². The van der Waals surface area contributed by atoms with Gasteiger partial charge in [0.15, 0.2) is 5.58 Å². The molecule has 1 amide bonds. The summed E-state index contributed by atoms with van der Waals surface area (Å²) in [6.07, 6.45) is 4.73. The Bertz CT molecular complexity index is 1360. The summed E-state index contributed by atoms with van der Waals surface area (Å²) in [5, 5.41) is 7.77. The molecular formula is C25H28N4O3. The molecule has 166 valence electrons. The molecule has 1 aliphatic carbocycles. The fraction of sp³-hybridized carbons (Fsp3) is 0.400. The van der Waals surface area contributed by atoms with Crippen molar-refractivity contribution in [3.8, 4) is 0 Å². The molecule has 5 rings (SSSR count). The lowest BCUT2D eigenvalue weighted by Gasteiger charge is -2.26. The summed E-state index contributed by atoms with van der Waals surface area (Å²) in [5.41, 5.74) is 4.53. The van der Waals surface area contributed by atoms with Gasteiger partial charge in [-0.1, -0.05) is 31.2 Å². The first kappa shape index (κ1) is 20.5. The Morgan fingerprint density at radius 2 is 2.09 bits per heavy atom. The molecule has 0 aliphatic heterocycles. The zero-order valence-electron chi connectivity index (χ0n) is 18.6. The van der Waals surface area contributed by atoms with Crippen molar-refractivity contribution in [2.75, 3.05) is 0 Å². The lowest BCUT2D eigenvalue weighted by molar-refractivity contribution is -0.122. The molecule has 0 bridgehead atoms. The van der Waals surface area contributed by atoms with Crippen LogP contribution < -0.4 is 10.9 Å². The molecule has 0 fully saturated rings. The Labute approximate surface area is 186 Å². The van der Waals surface area contributed by atoms with Gasteiger partial charge in [0.1, 0.15) is 17.1 Å². The van der Waals surface area contributed by atoms with Gasteiger partial charge in [0, 0.05) is 31.5 Å². The molecule has 32 heavy (non-hydrogen) atoms. The molecule has 0 spiro atoms. The largest absolute Gasteiger partial charge is 0.460 e. The number of carbonyl (C=O) groups is 1. The standard InChI is InChI=1S/C25H28N4O3/c1-3-23-27-28(25(31)21-15-22-20(29(21)23)14-16(2)32-22)13-7-12-24(30)26-19-11-6-9-17-8-4-5-10-18(17)19/h4-5,8,10,14-15,19H,3,6-7,9,11-13H2,1-2H3,(H,26,30)/t19-/m1/s1. The summed E-state index contributed by atoms with van der Waals surface area (Å²) in [7, 11) is 0. The third-order valence-corrected chi connectivity index (χ3v) is 6.36. The highest BCUT2D eigenvalue weighted by Crippen LogP contribution is 2.29. The van der Waals surface area contributed by atoms with E-state index in [1.165, 1.54) is 15.8 Å². The fourth-order valence-corrected chi connectivity index (χ4v) is 4.85. The van der Waals surface area contributed by atoms with E-state index in [0.717, 1.165) is 36.4 Å². The van der Waals surface area contributed by atoms with E-state index in [4.69, 9.17) is 4.42 Å². The van der Waals surface area contributed by atoms with Crippen LogP contribution in [0.5, 0.6) is 0 Å². The van der Waals surface area contributed by atoms with Crippen LogP contribution in [-0.2, 0) is 24.2 Å². The summed E-state index contributed by atoms with van der Waals surface area (Å²) in [6.45, 7) is 4.32. The van der Waals surface area contributed by atoms with Crippen molar-refractivity contribution in [1.29, 1.82) is 0 Å². The maximum absolute atomic E-state index is 13.0. The Morgan fingerprint density at radius 1 is 1.25 bits per heavy atom. The van der Waals surface area contributed by atoms with Crippen molar-refractivity contribution in [2.45, 2.75) is 65.0 Å². The Kier molecular flexibility index (Phi) is 5.33. The molecule has 4 aromatic rings. The normalized spacial score (nSPS) is 15.9. The Morgan fingerprint density at radius 3 is 2.94 bits per heavy atom. The van der Waals surface area contributed by atoms with Crippen LogP contribution in [0.15, 0.2) is 45.6 Å². The van der Waals surface area contributed by atoms with Gasteiger partial charge in [-0.25, -0.2) is 4.68 Å². The molecule has 0 radical (unpaired) electrons. The van der Waals surface area contributed by atoms with Gasteiger partial charge in [-0.05, 0) is 43.7 Å². The molecule has 3 heterocycles. The third-order valence-electron chi connectivity index (χ3n) is 6.36. The first-order valence-electron chi connectivity index (χ1n) is 11.4. The van der Waals surface area contributed by atoms with Crippen molar-refractivity contribution >= 4 is 22.5 Å². The van der Waals surface area contributed by atoms with E-state index in [1.807, 2.05) is 30.4 Å². The number of furan rings is 1. The second-order valence-corrected chi connectivity index (χ2v) is 8.58. The number of hydrogen-bond acceptors (Lipinski definition) is 4. The van der Waals surface area contributed by atoms with Gasteiger partial charge in [-0.2, -0.15) is 5.10 Å². The number of fused-ring (bicyclic) bond motifs is 4. The topological polar surface area (TPSA) is 81.5 Å². The molecule has 7 nitrogen and oxygen atoms in total. The second kappa shape index (κ2) is 8.30. The minimum atomic E-state index is -0.159. The Balaban J connectivity index is 1.29. The molecule has 0 unspecified atom stereocenters. The van der Waals surface area contributed by atoms with Crippen LogP contribution in [0.25, 0.3) is 16.6 Å². The lowest BCUT2D eigenvalue weighted by atomic mass is 9.87. The molecule has 0 saturated heterocycles. The van der Waals surface area contributed by atoms with Gasteiger partial charge in [0.2, 0.25) is 5.91 Å². The first-order chi connectivity index (χ1) is 15.5. The molecule has 7 heteroatoms. The van der Waals surface area contributed by atoms with Gasteiger partial charge < -0.3 is 9.73 Å². The molecule has 1 aromatic carbocycles. The molecule has 3 aromatic heterocycles.